The maximum absolute atomic E-state index is 9.08. The Morgan fingerprint density at radius 2 is 1.94 bits per heavy atom. The molecule has 0 aliphatic carbocycles. The van der Waals surface area contributed by atoms with Crippen molar-refractivity contribution >= 4 is 33.4 Å². The van der Waals surface area contributed by atoms with Gasteiger partial charge in [-0.1, -0.05) is 39.8 Å². The van der Waals surface area contributed by atoms with Crippen molar-refractivity contribution in [3.05, 3.63) is 52.5 Å². The predicted molar refractivity (Wildman–Crippen MR) is 73.8 cm³/mol. The van der Waals surface area contributed by atoms with Crippen molar-refractivity contribution in [1.82, 2.24) is 0 Å². The quantitative estimate of drug-likeness (QED) is 0.851. The Morgan fingerprint density at radius 3 is 2.65 bits per heavy atom. The zero-order valence-corrected chi connectivity index (χ0v) is 11.3. The smallest absolute Gasteiger partial charge is 0.102 e. The Morgan fingerprint density at radius 1 is 1.18 bits per heavy atom. The molecule has 0 saturated heterocycles. The summed E-state index contributed by atoms with van der Waals surface area (Å²) in [6.45, 7) is 0. The van der Waals surface area contributed by atoms with Crippen LogP contribution in [0.15, 0.2) is 56.7 Å². The summed E-state index contributed by atoms with van der Waals surface area (Å²) in [5.74, 6) is 0. The molecule has 4 heteroatoms. The molecule has 2 aromatic rings. The van der Waals surface area contributed by atoms with Gasteiger partial charge in [-0.05, 0) is 30.3 Å². The number of nitrogens with two attached hydrogens (primary N) is 1. The summed E-state index contributed by atoms with van der Waals surface area (Å²) in [4.78, 5) is 1.95. The molecule has 0 heterocycles. The third kappa shape index (κ3) is 2.82. The molecule has 17 heavy (non-hydrogen) atoms. The summed E-state index contributed by atoms with van der Waals surface area (Å²) in [6, 6.07) is 15.6. The molecule has 2 nitrogen and oxygen atoms in total. The van der Waals surface area contributed by atoms with Gasteiger partial charge in [0, 0.05) is 14.3 Å². The number of benzene rings is 2. The number of halogens is 1. The molecular weight excluding hydrogens is 296 g/mol. The van der Waals surface area contributed by atoms with Crippen LogP contribution >= 0.6 is 27.7 Å². The Balaban J connectivity index is 2.37. The highest BCUT2D eigenvalue weighted by molar-refractivity contribution is 9.10. The standard InChI is InChI=1S/C13H9BrN2S/c14-9-3-1-4-10(7-9)17-13-6-2-5-12(16)11(13)8-15/h1-7H,16H2. The van der Waals surface area contributed by atoms with E-state index < -0.39 is 0 Å². The average molecular weight is 305 g/mol. The second-order valence-corrected chi connectivity index (χ2v) is 5.42. The van der Waals surface area contributed by atoms with Gasteiger partial charge >= 0.3 is 0 Å². The van der Waals surface area contributed by atoms with Gasteiger partial charge in [0.05, 0.1) is 11.3 Å². The van der Waals surface area contributed by atoms with Crippen LogP contribution in [0.5, 0.6) is 0 Å². The highest BCUT2D eigenvalue weighted by Gasteiger charge is 2.07. The highest BCUT2D eigenvalue weighted by Crippen LogP contribution is 2.33. The van der Waals surface area contributed by atoms with Crippen LogP contribution in [0.4, 0.5) is 5.69 Å². The lowest BCUT2D eigenvalue weighted by atomic mass is 10.2. The number of nitrogens with zero attached hydrogens (tertiary/aromatic N) is 1. The first-order chi connectivity index (χ1) is 8.20. The highest BCUT2D eigenvalue weighted by atomic mass is 79.9. The van der Waals surface area contributed by atoms with Crippen molar-refractivity contribution in [2.24, 2.45) is 0 Å². The molecule has 2 aromatic carbocycles. The predicted octanol–water partition coefficient (Wildman–Crippen LogP) is 4.05. The van der Waals surface area contributed by atoms with E-state index in [9.17, 15) is 0 Å². The molecule has 2 rings (SSSR count). The molecule has 0 bridgehead atoms. The zero-order chi connectivity index (χ0) is 12.3. The van der Waals surface area contributed by atoms with Crippen LogP contribution in [-0.2, 0) is 0 Å². The first-order valence-corrected chi connectivity index (χ1v) is 6.53. The molecule has 0 fully saturated rings. The van der Waals surface area contributed by atoms with Crippen molar-refractivity contribution in [2.75, 3.05) is 5.73 Å². The minimum atomic E-state index is 0.521. The van der Waals surface area contributed by atoms with Crippen molar-refractivity contribution in [3.63, 3.8) is 0 Å². The van der Waals surface area contributed by atoms with Crippen molar-refractivity contribution in [2.45, 2.75) is 9.79 Å². The second kappa shape index (κ2) is 5.26. The summed E-state index contributed by atoms with van der Waals surface area (Å²) in [5.41, 5.74) is 6.83. The fourth-order valence-corrected chi connectivity index (χ4v) is 2.96. The molecule has 0 spiro atoms. The van der Waals surface area contributed by atoms with Crippen LogP contribution in [0, 0.1) is 11.3 Å². The van der Waals surface area contributed by atoms with Gasteiger partial charge in [-0.2, -0.15) is 5.26 Å². The fourth-order valence-electron chi connectivity index (χ4n) is 1.41. The van der Waals surface area contributed by atoms with Gasteiger partial charge in [-0.25, -0.2) is 0 Å². The Bertz CT molecular complexity index is 590. The first-order valence-electron chi connectivity index (χ1n) is 4.92. The molecule has 0 atom stereocenters. The van der Waals surface area contributed by atoms with Crippen LogP contribution in [0.1, 0.15) is 5.56 Å². The second-order valence-electron chi connectivity index (χ2n) is 3.39. The van der Waals surface area contributed by atoms with E-state index in [1.165, 1.54) is 11.8 Å². The number of hydrogen-bond acceptors (Lipinski definition) is 3. The van der Waals surface area contributed by atoms with E-state index >= 15 is 0 Å². The fraction of sp³-hybridized carbons (Fsp3) is 0. The molecule has 0 saturated carbocycles. The van der Waals surface area contributed by atoms with Crippen LogP contribution in [0.3, 0.4) is 0 Å². The van der Waals surface area contributed by atoms with E-state index in [0.717, 1.165) is 14.3 Å². The molecule has 2 N–H and O–H groups in total. The molecule has 0 aliphatic heterocycles. The Hall–Kier alpha value is -1.44. The van der Waals surface area contributed by atoms with Gasteiger partial charge in [0.2, 0.25) is 0 Å². The van der Waals surface area contributed by atoms with E-state index in [1.54, 1.807) is 6.07 Å². The Labute approximate surface area is 113 Å². The molecule has 0 aromatic heterocycles. The van der Waals surface area contributed by atoms with E-state index in [2.05, 4.69) is 22.0 Å². The van der Waals surface area contributed by atoms with Crippen LogP contribution in [-0.4, -0.2) is 0 Å². The van der Waals surface area contributed by atoms with Gasteiger partial charge in [-0.15, -0.1) is 0 Å². The van der Waals surface area contributed by atoms with Crippen LogP contribution in [0.25, 0.3) is 0 Å². The summed E-state index contributed by atoms with van der Waals surface area (Å²) < 4.78 is 1.02. The molecular formula is C13H9BrN2S. The molecule has 0 amide bonds. The summed E-state index contributed by atoms with van der Waals surface area (Å²) in [7, 11) is 0. The van der Waals surface area contributed by atoms with E-state index in [1.807, 2.05) is 36.4 Å². The zero-order valence-electron chi connectivity index (χ0n) is 8.85. The van der Waals surface area contributed by atoms with Gasteiger partial charge in [0.25, 0.3) is 0 Å². The lowest BCUT2D eigenvalue weighted by Crippen LogP contribution is -1.91. The minimum absolute atomic E-state index is 0.521. The lowest BCUT2D eigenvalue weighted by molar-refractivity contribution is 1.35. The van der Waals surface area contributed by atoms with Crippen molar-refractivity contribution in [1.29, 1.82) is 5.26 Å². The summed E-state index contributed by atoms with van der Waals surface area (Å²) >= 11 is 4.96. The van der Waals surface area contributed by atoms with Crippen molar-refractivity contribution in [3.8, 4) is 6.07 Å². The maximum atomic E-state index is 9.08. The van der Waals surface area contributed by atoms with Gasteiger partial charge in [0.15, 0.2) is 0 Å². The third-order valence-electron chi connectivity index (χ3n) is 2.19. The largest absolute Gasteiger partial charge is 0.398 e. The van der Waals surface area contributed by atoms with E-state index in [0.29, 0.717) is 11.3 Å². The number of hydrogen-bond donors (Lipinski definition) is 1. The van der Waals surface area contributed by atoms with Crippen LogP contribution < -0.4 is 5.73 Å². The number of nitriles is 1. The van der Waals surface area contributed by atoms with E-state index in [-0.39, 0.29) is 0 Å². The minimum Gasteiger partial charge on any atom is -0.398 e. The molecule has 0 unspecified atom stereocenters. The summed E-state index contributed by atoms with van der Waals surface area (Å²) in [6.07, 6.45) is 0. The summed E-state index contributed by atoms with van der Waals surface area (Å²) in [5, 5.41) is 9.08. The van der Waals surface area contributed by atoms with E-state index in [4.69, 9.17) is 11.0 Å². The van der Waals surface area contributed by atoms with Crippen molar-refractivity contribution < 1.29 is 0 Å². The first kappa shape index (κ1) is 12.0. The normalized spacial score (nSPS) is 9.88. The molecule has 0 aliphatic rings. The monoisotopic (exact) mass is 304 g/mol. The van der Waals surface area contributed by atoms with Gasteiger partial charge < -0.3 is 5.73 Å². The third-order valence-corrected chi connectivity index (χ3v) is 3.74. The maximum Gasteiger partial charge on any atom is 0.102 e. The number of rotatable bonds is 2. The molecule has 84 valence electrons. The number of anilines is 1. The lowest BCUT2D eigenvalue weighted by Gasteiger charge is -2.06. The average Bonchev–Trinajstić information content (AvgIpc) is 2.29. The number of nitrogen functional groups attached to an aromatic ring is 1. The SMILES string of the molecule is N#Cc1c(N)cccc1Sc1cccc(Br)c1. The Kier molecular flexibility index (Phi) is 3.72. The molecule has 0 radical (unpaired) electrons. The van der Waals surface area contributed by atoms with Crippen LogP contribution in [0.2, 0.25) is 0 Å². The van der Waals surface area contributed by atoms with Gasteiger partial charge in [0.1, 0.15) is 6.07 Å². The topological polar surface area (TPSA) is 49.8 Å². The van der Waals surface area contributed by atoms with Gasteiger partial charge in [-0.3, -0.25) is 0 Å².